The average molecular weight is 281 g/mol. The second kappa shape index (κ2) is 6.83. The zero-order valence-corrected chi connectivity index (χ0v) is 11.1. The minimum absolute atomic E-state index is 0. The van der Waals surface area contributed by atoms with E-state index in [4.69, 9.17) is 5.73 Å². The fraction of sp³-hybridized carbons (Fsp3) is 0.600. The van der Waals surface area contributed by atoms with Gasteiger partial charge in [0.05, 0.1) is 12.1 Å². The van der Waals surface area contributed by atoms with E-state index < -0.39 is 5.54 Å². The number of nitrogens with one attached hydrogen (secondary N) is 2. The van der Waals surface area contributed by atoms with Crippen LogP contribution in [0.25, 0.3) is 0 Å². The molecule has 2 rings (SSSR count). The molecule has 17 heavy (non-hydrogen) atoms. The Kier molecular flexibility index (Phi) is 6.52. The Balaban J connectivity index is 0.00000128. The van der Waals surface area contributed by atoms with E-state index in [-0.39, 0.29) is 30.7 Å². The maximum Gasteiger partial charge on any atom is 0.240 e. The van der Waals surface area contributed by atoms with E-state index >= 15 is 0 Å². The van der Waals surface area contributed by atoms with E-state index in [0.717, 1.165) is 31.5 Å². The molecule has 1 fully saturated rings. The fourth-order valence-corrected chi connectivity index (χ4v) is 1.97. The van der Waals surface area contributed by atoms with Crippen molar-refractivity contribution in [3.63, 3.8) is 0 Å². The molecule has 98 valence electrons. The van der Waals surface area contributed by atoms with Gasteiger partial charge >= 0.3 is 0 Å². The molecule has 1 amide bonds. The molecule has 1 saturated carbocycles. The van der Waals surface area contributed by atoms with Gasteiger partial charge in [-0.25, -0.2) is 4.98 Å². The SMILES string of the molecule is Cl.Cl.NC1(C(=O)NCc2ncc[nH]2)CCCC1. The summed E-state index contributed by atoms with van der Waals surface area (Å²) in [6, 6.07) is 0. The van der Waals surface area contributed by atoms with Crippen LogP contribution < -0.4 is 11.1 Å². The molecule has 0 spiro atoms. The van der Waals surface area contributed by atoms with Crippen LogP contribution in [0, 0.1) is 0 Å². The maximum absolute atomic E-state index is 11.8. The van der Waals surface area contributed by atoms with Crippen molar-refractivity contribution in [2.45, 2.75) is 37.8 Å². The highest BCUT2D eigenvalue weighted by atomic mass is 35.5. The Hall–Kier alpha value is -0.780. The van der Waals surface area contributed by atoms with Crippen molar-refractivity contribution in [2.24, 2.45) is 5.73 Å². The zero-order chi connectivity index (χ0) is 10.7. The second-order valence-corrected chi connectivity index (χ2v) is 4.08. The predicted molar refractivity (Wildman–Crippen MR) is 70.3 cm³/mol. The minimum Gasteiger partial charge on any atom is -0.347 e. The highest BCUT2D eigenvalue weighted by Crippen LogP contribution is 2.27. The van der Waals surface area contributed by atoms with Gasteiger partial charge in [-0.2, -0.15) is 0 Å². The molecule has 1 aromatic heterocycles. The van der Waals surface area contributed by atoms with Crippen LogP contribution in [0.3, 0.4) is 0 Å². The summed E-state index contributed by atoms with van der Waals surface area (Å²) in [5, 5.41) is 2.81. The number of hydrogen-bond donors (Lipinski definition) is 3. The summed E-state index contributed by atoms with van der Waals surface area (Å²) in [5.41, 5.74) is 5.35. The number of amides is 1. The molecule has 0 saturated heterocycles. The van der Waals surface area contributed by atoms with Crippen molar-refractivity contribution in [3.8, 4) is 0 Å². The fourth-order valence-electron chi connectivity index (χ4n) is 1.97. The van der Waals surface area contributed by atoms with Crippen molar-refractivity contribution in [1.29, 1.82) is 0 Å². The second-order valence-electron chi connectivity index (χ2n) is 4.08. The summed E-state index contributed by atoms with van der Waals surface area (Å²) in [6.07, 6.45) is 7.06. The smallest absolute Gasteiger partial charge is 0.240 e. The summed E-state index contributed by atoms with van der Waals surface area (Å²) < 4.78 is 0. The number of imidazole rings is 1. The Morgan fingerprint density at radius 1 is 1.47 bits per heavy atom. The lowest BCUT2D eigenvalue weighted by molar-refractivity contribution is -0.126. The minimum atomic E-state index is -0.646. The first-order chi connectivity index (χ1) is 7.21. The van der Waals surface area contributed by atoms with Gasteiger partial charge < -0.3 is 16.0 Å². The van der Waals surface area contributed by atoms with Gasteiger partial charge in [0, 0.05) is 12.4 Å². The molecule has 0 unspecified atom stereocenters. The first-order valence-electron chi connectivity index (χ1n) is 5.26. The number of carbonyl (C=O) groups is 1. The molecule has 5 nitrogen and oxygen atoms in total. The Labute approximate surface area is 113 Å². The summed E-state index contributed by atoms with van der Waals surface area (Å²) in [6.45, 7) is 0.421. The van der Waals surface area contributed by atoms with Crippen molar-refractivity contribution >= 4 is 30.7 Å². The summed E-state index contributed by atoms with van der Waals surface area (Å²) >= 11 is 0. The van der Waals surface area contributed by atoms with Crippen molar-refractivity contribution in [1.82, 2.24) is 15.3 Å². The van der Waals surface area contributed by atoms with Crippen LogP contribution in [0.1, 0.15) is 31.5 Å². The number of nitrogens with two attached hydrogens (primary N) is 1. The summed E-state index contributed by atoms with van der Waals surface area (Å²) in [4.78, 5) is 18.7. The lowest BCUT2D eigenvalue weighted by Gasteiger charge is -2.21. The van der Waals surface area contributed by atoms with Crippen LogP contribution in [0.15, 0.2) is 12.4 Å². The van der Waals surface area contributed by atoms with Gasteiger partial charge in [-0.1, -0.05) is 12.8 Å². The zero-order valence-electron chi connectivity index (χ0n) is 9.44. The Morgan fingerprint density at radius 2 is 2.12 bits per heavy atom. The molecule has 0 bridgehead atoms. The number of rotatable bonds is 3. The largest absolute Gasteiger partial charge is 0.347 e. The molecular weight excluding hydrogens is 263 g/mol. The van der Waals surface area contributed by atoms with Crippen LogP contribution in [-0.2, 0) is 11.3 Å². The highest BCUT2D eigenvalue weighted by molar-refractivity contribution is 5.86. The molecule has 1 aliphatic rings. The molecule has 4 N–H and O–H groups in total. The molecular formula is C10H18Cl2N4O. The van der Waals surface area contributed by atoms with Gasteiger partial charge in [0.2, 0.25) is 5.91 Å². The molecule has 0 atom stereocenters. The predicted octanol–water partition coefficient (Wildman–Crippen LogP) is 1.14. The topological polar surface area (TPSA) is 83.8 Å². The third kappa shape index (κ3) is 3.87. The van der Waals surface area contributed by atoms with Gasteiger partial charge in [0.1, 0.15) is 5.82 Å². The third-order valence-electron chi connectivity index (χ3n) is 2.92. The van der Waals surface area contributed by atoms with E-state index in [1.807, 2.05) is 0 Å². The lowest BCUT2D eigenvalue weighted by atomic mass is 9.98. The first-order valence-corrected chi connectivity index (χ1v) is 5.26. The van der Waals surface area contributed by atoms with Gasteiger partial charge in [0.15, 0.2) is 0 Å². The van der Waals surface area contributed by atoms with Crippen LogP contribution in [-0.4, -0.2) is 21.4 Å². The summed E-state index contributed by atoms with van der Waals surface area (Å²) in [5.74, 6) is 0.696. The normalized spacial score (nSPS) is 16.8. The van der Waals surface area contributed by atoms with Gasteiger partial charge in [-0.15, -0.1) is 24.8 Å². The molecule has 0 aromatic carbocycles. The van der Waals surface area contributed by atoms with Gasteiger partial charge in [-0.05, 0) is 12.8 Å². The average Bonchev–Trinajstić information content (AvgIpc) is 2.85. The molecule has 0 aliphatic heterocycles. The van der Waals surface area contributed by atoms with Crippen LogP contribution in [0.4, 0.5) is 0 Å². The highest BCUT2D eigenvalue weighted by Gasteiger charge is 2.36. The van der Waals surface area contributed by atoms with Gasteiger partial charge in [-0.3, -0.25) is 4.79 Å². The van der Waals surface area contributed by atoms with Gasteiger partial charge in [0.25, 0.3) is 0 Å². The van der Waals surface area contributed by atoms with Crippen molar-refractivity contribution in [2.75, 3.05) is 0 Å². The monoisotopic (exact) mass is 280 g/mol. The Bertz CT molecular complexity index is 336. The number of nitrogens with zero attached hydrogens (tertiary/aromatic N) is 1. The lowest BCUT2D eigenvalue weighted by Crippen LogP contribution is -2.51. The molecule has 7 heteroatoms. The molecule has 1 aromatic rings. The molecule has 1 aliphatic carbocycles. The Morgan fingerprint density at radius 3 is 2.65 bits per heavy atom. The van der Waals surface area contributed by atoms with Crippen LogP contribution in [0.2, 0.25) is 0 Å². The van der Waals surface area contributed by atoms with Crippen molar-refractivity contribution in [3.05, 3.63) is 18.2 Å². The van der Waals surface area contributed by atoms with E-state index in [0.29, 0.717) is 6.54 Å². The van der Waals surface area contributed by atoms with Crippen LogP contribution >= 0.6 is 24.8 Å². The number of aromatic amines is 1. The van der Waals surface area contributed by atoms with E-state index in [2.05, 4.69) is 15.3 Å². The van der Waals surface area contributed by atoms with E-state index in [9.17, 15) is 4.79 Å². The number of carbonyl (C=O) groups excluding carboxylic acids is 1. The standard InChI is InChI=1S/C10H16N4O.2ClH/c11-10(3-1-2-4-10)9(15)14-7-8-12-5-6-13-8;;/h5-6H,1-4,7,11H2,(H,12,13)(H,14,15);2*1H. The van der Waals surface area contributed by atoms with Crippen LogP contribution in [0.5, 0.6) is 0 Å². The van der Waals surface area contributed by atoms with E-state index in [1.165, 1.54) is 0 Å². The van der Waals surface area contributed by atoms with E-state index in [1.54, 1.807) is 12.4 Å². The molecule has 1 heterocycles. The molecule has 0 radical (unpaired) electrons. The quantitative estimate of drug-likeness (QED) is 0.776. The third-order valence-corrected chi connectivity index (χ3v) is 2.92. The number of aromatic nitrogens is 2. The first kappa shape index (κ1) is 16.2. The summed E-state index contributed by atoms with van der Waals surface area (Å²) in [7, 11) is 0. The number of H-pyrrole nitrogens is 1. The maximum atomic E-state index is 11.8. The number of halogens is 2. The number of hydrogen-bond acceptors (Lipinski definition) is 3. The van der Waals surface area contributed by atoms with Crippen molar-refractivity contribution < 1.29 is 4.79 Å².